The van der Waals surface area contributed by atoms with Crippen LogP contribution in [0.1, 0.15) is 25.5 Å². The topological polar surface area (TPSA) is 12.0 Å². The fraction of sp³-hybridized carbons (Fsp3) is 0.250. The molecule has 4 heteroatoms. The number of hydrogen-bond acceptors (Lipinski definition) is 2. The Balaban J connectivity index is 2.26. The molecule has 0 bridgehead atoms. The van der Waals surface area contributed by atoms with Crippen LogP contribution in [0.5, 0.6) is 0 Å². The molecule has 0 fully saturated rings. The molecule has 1 N–H and O–H groups in total. The third-order valence-electron chi connectivity index (χ3n) is 2.99. The number of para-hydroxylation sites is 1. The van der Waals surface area contributed by atoms with Crippen molar-refractivity contribution in [2.45, 2.75) is 24.8 Å². The lowest BCUT2D eigenvalue weighted by molar-refractivity contribution is 0.544. The van der Waals surface area contributed by atoms with Crippen molar-refractivity contribution >= 4 is 17.4 Å². The number of anilines is 1. The molecule has 1 unspecified atom stereocenters. The third-order valence-corrected chi connectivity index (χ3v) is 3.95. The van der Waals surface area contributed by atoms with Crippen LogP contribution in [0, 0.1) is 11.6 Å². The molecular formula is C16H17F2NS. The Morgan fingerprint density at radius 2 is 1.70 bits per heavy atom. The molecule has 1 nitrogen and oxygen atoms in total. The molecule has 2 rings (SSSR count). The Morgan fingerprint density at radius 3 is 2.35 bits per heavy atom. The van der Waals surface area contributed by atoms with Crippen LogP contribution >= 0.6 is 11.8 Å². The summed E-state index contributed by atoms with van der Waals surface area (Å²) >= 11 is 1.70. The van der Waals surface area contributed by atoms with Crippen LogP contribution in [0.4, 0.5) is 14.5 Å². The molecule has 0 heterocycles. The smallest absolute Gasteiger partial charge is 0.131 e. The predicted octanol–water partition coefficient (Wildman–Crippen LogP) is 5.25. The zero-order valence-corrected chi connectivity index (χ0v) is 12.3. The zero-order valence-electron chi connectivity index (χ0n) is 11.5. The molecule has 106 valence electrons. The molecule has 0 aromatic heterocycles. The fourth-order valence-electron chi connectivity index (χ4n) is 2.10. The first kappa shape index (κ1) is 14.9. The van der Waals surface area contributed by atoms with Gasteiger partial charge in [0.25, 0.3) is 0 Å². The molecule has 0 aliphatic rings. The van der Waals surface area contributed by atoms with Gasteiger partial charge in [-0.15, -0.1) is 11.8 Å². The molecule has 0 radical (unpaired) electrons. The van der Waals surface area contributed by atoms with Crippen molar-refractivity contribution in [2.24, 2.45) is 0 Å². The first-order valence-electron chi connectivity index (χ1n) is 6.55. The summed E-state index contributed by atoms with van der Waals surface area (Å²) in [5, 5.41) is 3.19. The van der Waals surface area contributed by atoms with E-state index in [2.05, 4.69) is 12.2 Å². The minimum Gasteiger partial charge on any atom is -0.377 e. The standard InChI is InChI=1S/C16H17F2NS/c1-3-20-15-10-5-4-9-14(15)19-11(2)16-12(17)7-6-8-13(16)18/h4-11,19H,3H2,1-2H3. The lowest BCUT2D eigenvalue weighted by atomic mass is 10.1. The van der Waals surface area contributed by atoms with Gasteiger partial charge in [-0.05, 0) is 36.9 Å². The molecular weight excluding hydrogens is 276 g/mol. The SMILES string of the molecule is CCSc1ccccc1NC(C)c1c(F)cccc1F. The van der Waals surface area contributed by atoms with Crippen molar-refractivity contribution in [1.82, 2.24) is 0 Å². The summed E-state index contributed by atoms with van der Waals surface area (Å²) in [4.78, 5) is 1.08. The summed E-state index contributed by atoms with van der Waals surface area (Å²) in [6.07, 6.45) is 0. The minimum atomic E-state index is -0.523. The van der Waals surface area contributed by atoms with Crippen molar-refractivity contribution < 1.29 is 8.78 Å². The average Bonchev–Trinajstić information content (AvgIpc) is 2.41. The monoisotopic (exact) mass is 293 g/mol. The summed E-state index contributed by atoms with van der Waals surface area (Å²) in [5.74, 6) is -0.0996. The van der Waals surface area contributed by atoms with E-state index in [-0.39, 0.29) is 5.56 Å². The van der Waals surface area contributed by atoms with Crippen molar-refractivity contribution in [3.63, 3.8) is 0 Å². The van der Waals surface area contributed by atoms with Gasteiger partial charge in [0.2, 0.25) is 0 Å². The molecule has 0 aliphatic heterocycles. The third kappa shape index (κ3) is 3.31. The number of halogens is 2. The first-order valence-corrected chi connectivity index (χ1v) is 7.54. The highest BCUT2D eigenvalue weighted by atomic mass is 32.2. The van der Waals surface area contributed by atoms with Crippen molar-refractivity contribution in [3.8, 4) is 0 Å². The molecule has 0 saturated carbocycles. The van der Waals surface area contributed by atoms with Gasteiger partial charge in [-0.1, -0.05) is 25.1 Å². The van der Waals surface area contributed by atoms with E-state index in [1.54, 1.807) is 18.7 Å². The molecule has 0 spiro atoms. The van der Waals surface area contributed by atoms with E-state index < -0.39 is 17.7 Å². The predicted molar refractivity (Wildman–Crippen MR) is 81.2 cm³/mol. The van der Waals surface area contributed by atoms with Gasteiger partial charge in [0.1, 0.15) is 11.6 Å². The maximum Gasteiger partial charge on any atom is 0.131 e. The molecule has 2 aromatic carbocycles. The Labute approximate surface area is 122 Å². The van der Waals surface area contributed by atoms with Crippen molar-refractivity contribution in [3.05, 3.63) is 59.7 Å². The number of benzene rings is 2. The maximum absolute atomic E-state index is 13.8. The average molecular weight is 293 g/mol. The Hall–Kier alpha value is -1.55. The Bertz CT molecular complexity index is 566. The van der Waals surface area contributed by atoms with Gasteiger partial charge in [-0.2, -0.15) is 0 Å². The molecule has 0 amide bonds. The largest absolute Gasteiger partial charge is 0.377 e. The highest BCUT2D eigenvalue weighted by molar-refractivity contribution is 7.99. The molecule has 1 atom stereocenters. The summed E-state index contributed by atoms with van der Waals surface area (Å²) in [7, 11) is 0. The van der Waals surface area contributed by atoms with Crippen LogP contribution in [0.25, 0.3) is 0 Å². The van der Waals surface area contributed by atoms with Gasteiger partial charge >= 0.3 is 0 Å². The summed E-state index contributed by atoms with van der Waals surface area (Å²) in [6.45, 7) is 3.83. The van der Waals surface area contributed by atoms with Gasteiger partial charge in [-0.3, -0.25) is 0 Å². The lowest BCUT2D eigenvalue weighted by Crippen LogP contribution is -2.11. The Morgan fingerprint density at radius 1 is 1.05 bits per heavy atom. The van der Waals surface area contributed by atoms with Gasteiger partial charge in [0.05, 0.1) is 6.04 Å². The zero-order chi connectivity index (χ0) is 14.5. The fourth-order valence-corrected chi connectivity index (χ4v) is 2.87. The van der Waals surface area contributed by atoms with E-state index in [9.17, 15) is 8.78 Å². The van der Waals surface area contributed by atoms with Gasteiger partial charge < -0.3 is 5.32 Å². The summed E-state index contributed by atoms with van der Waals surface area (Å²) in [5.41, 5.74) is 0.971. The molecule has 0 saturated heterocycles. The number of nitrogens with one attached hydrogen (secondary N) is 1. The van der Waals surface area contributed by atoms with Crippen molar-refractivity contribution in [2.75, 3.05) is 11.1 Å². The Kier molecular flexibility index (Phi) is 5.01. The van der Waals surface area contributed by atoms with Crippen molar-refractivity contribution in [1.29, 1.82) is 0 Å². The number of hydrogen-bond donors (Lipinski definition) is 1. The van der Waals surface area contributed by atoms with Crippen LogP contribution in [-0.2, 0) is 0 Å². The number of rotatable bonds is 5. The van der Waals surface area contributed by atoms with E-state index in [0.29, 0.717) is 0 Å². The quantitative estimate of drug-likeness (QED) is 0.756. The second-order valence-corrected chi connectivity index (χ2v) is 5.74. The molecule has 0 aliphatic carbocycles. The number of thioether (sulfide) groups is 1. The lowest BCUT2D eigenvalue weighted by Gasteiger charge is -2.19. The van der Waals surface area contributed by atoms with Gasteiger partial charge in [0, 0.05) is 16.1 Å². The normalized spacial score (nSPS) is 12.2. The van der Waals surface area contributed by atoms with Crippen LogP contribution < -0.4 is 5.32 Å². The summed E-state index contributed by atoms with van der Waals surface area (Å²) < 4.78 is 27.5. The van der Waals surface area contributed by atoms with Crippen LogP contribution in [0.2, 0.25) is 0 Å². The molecule has 2 aromatic rings. The van der Waals surface area contributed by atoms with E-state index >= 15 is 0 Å². The van der Waals surface area contributed by atoms with E-state index in [0.717, 1.165) is 16.3 Å². The van der Waals surface area contributed by atoms with E-state index in [1.807, 2.05) is 24.3 Å². The van der Waals surface area contributed by atoms with Gasteiger partial charge in [0.15, 0.2) is 0 Å². The minimum absolute atomic E-state index is 0.0730. The highest BCUT2D eigenvalue weighted by Crippen LogP contribution is 2.31. The summed E-state index contributed by atoms with van der Waals surface area (Å²) in [6, 6.07) is 11.3. The molecule has 20 heavy (non-hydrogen) atoms. The maximum atomic E-state index is 13.8. The first-order chi connectivity index (χ1) is 9.63. The van der Waals surface area contributed by atoms with E-state index in [4.69, 9.17) is 0 Å². The van der Waals surface area contributed by atoms with Crippen LogP contribution in [-0.4, -0.2) is 5.75 Å². The second-order valence-electron chi connectivity index (χ2n) is 4.43. The highest BCUT2D eigenvalue weighted by Gasteiger charge is 2.16. The second kappa shape index (κ2) is 6.75. The van der Waals surface area contributed by atoms with Crippen LogP contribution in [0.15, 0.2) is 47.4 Å². The van der Waals surface area contributed by atoms with Gasteiger partial charge in [-0.25, -0.2) is 8.78 Å². The van der Waals surface area contributed by atoms with E-state index in [1.165, 1.54) is 18.2 Å². The van der Waals surface area contributed by atoms with Crippen LogP contribution in [0.3, 0.4) is 0 Å².